The molecule has 1 aromatic rings. The summed E-state index contributed by atoms with van der Waals surface area (Å²) < 4.78 is 24.0. The summed E-state index contributed by atoms with van der Waals surface area (Å²) in [7, 11) is -3.47. The molecule has 92 valence electrons. The molecule has 0 aliphatic rings. The van der Waals surface area contributed by atoms with Gasteiger partial charge in [-0.2, -0.15) is 5.26 Å². The molecule has 17 heavy (non-hydrogen) atoms. The highest BCUT2D eigenvalue weighted by molar-refractivity contribution is 7.91. The number of unbranched alkanes of at least 4 members (excludes halogenated alkanes) is 2. The molecule has 0 aliphatic carbocycles. The van der Waals surface area contributed by atoms with Crippen molar-refractivity contribution in [3.63, 3.8) is 0 Å². The molecule has 0 radical (unpaired) electrons. The van der Waals surface area contributed by atoms with E-state index in [1.807, 2.05) is 6.07 Å². The van der Waals surface area contributed by atoms with Gasteiger partial charge in [-0.3, -0.25) is 0 Å². The molecule has 0 bridgehead atoms. The average Bonchev–Trinajstić information content (AvgIpc) is 2.24. The number of nitrogens with zero attached hydrogens (tertiary/aromatic N) is 1. The first kappa shape index (κ1) is 13.8. The van der Waals surface area contributed by atoms with Crippen LogP contribution >= 0.6 is 11.6 Å². The van der Waals surface area contributed by atoms with Gasteiger partial charge in [0.2, 0.25) is 0 Å². The topological polar surface area (TPSA) is 84.0 Å². The van der Waals surface area contributed by atoms with Crippen LogP contribution in [0.15, 0.2) is 23.1 Å². The van der Waals surface area contributed by atoms with Crippen molar-refractivity contribution in [3.8, 4) is 6.07 Å². The molecule has 2 N–H and O–H groups in total. The second kappa shape index (κ2) is 5.89. The normalized spacial score (nSPS) is 11.1. The summed E-state index contributed by atoms with van der Waals surface area (Å²) >= 11 is 5.84. The van der Waals surface area contributed by atoms with Crippen molar-refractivity contribution in [2.75, 3.05) is 11.5 Å². The summed E-state index contributed by atoms with van der Waals surface area (Å²) in [5.41, 5.74) is 5.79. The highest BCUT2D eigenvalue weighted by atomic mass is 35.5. The standard InChI is InChI=1S/C11H13ClN2O2S/c12-9-5-4-6-10(14)11(9)17(15,16)8-3-1-2-7-13/h4-6H,1-3,8,14H2. The monoisotopic (exact) mass is 272 g/mol. The molecule has 1 aromatic carbocycles. The second-order valence-corrected chi connectivity index (χ2v) is 6.05. The number of hydrogen-bond acceptors (Lipinski definition) is 4. The number of anilines is 1. The Morgan fingerprint density at radius 1 is 1.35 bits per heavy atom. The van der Waals surface area contributed by atoms with Crippen LogP contribution in [0.25, 0.3) is 0 Å². The molecule has 1 rings (SSSR count). The van der Waals surface area contributed by atoms with Crippen LogP contribution in [0.4, 0.5) is 5.69 Å². The van der Waals surface area contributed by atoms with Gasteiger partial charge in [-0.1, -0.05) is 17.7 Å². The van der Waals surface area contributed by atoms with E-state index in [2.05, 4.69) is 0 Å². The van der Waals surface area contributed by atoms with Crippen LogP contribution < -0.4 is 5.73 Å². The molecular formula is C11H13ClN2O2S. The Bertz CT molecular complexity index is 515. The van der Waals surface area contributed by atoms with E-state index in [1.165, 1.54) is 12.1 Å². The van der Waals surface area contributed by atoms with Crippen molar-refractivity contribution in [1.82, 2.24) is 0 Å². The molecule has 0 fully saturated rings. The van der Waals surface area contributed by atoms with Crippen molar-refractivity contribution in [3.05, 3.63) is 23.2 Å². The lowest BCUT2D eigenvalue weighted by atomic mass is 10.3. The van der Waals surface area contributed by atoms with Gasteiger partial charge in [0.05, 0.1) is 22.5 Å². The highest BCUT2D eigenvalue weighted by Gasteiger charge is 2.20. The van der Waals surface area contributed by atoms with E-state index >= 15 is 0 Å². The number of benzene rings is 1. The zero-order valence-electron chi connectivity index (χ0n) is 9.19. The van der Waals surface area contributed by atoms with Gasteiger partial charge in [0.15, 0.2) is 9.84 Å². The quantitative estimate of drug-likeness (QED) is 0.659. The molecule has 0 spiro atoms. The van der Waals surface area contributed by atoms with Crippen molar-refractivity contribution in [2.45, 2.75) is 24.2 Å². The van der Waals surface area contributed by atoms with Crippen molar-refractivity contribution < 1.29 is 8.42 Å². The van der Waals surface area contributed by atoms with Gasteiger partial charge < -0.3 is 5.73 Å². The predicted molar refractivity (Wildman–Crippen MR) is 67.4 cm³/mol. The Morgan fingerprint density at radius 3 is 2.65 bits per heavy atom. The van der Waals surface area contributed by atoms with E-state index in [4.69, 9.17) is 22.6 Å². The Labute approximate surface area is 106 Å². The third-order valence-corrected chi connectivity index (χ3v) is 4.59. The maximum atomic E-state index is 12.0. The van der Waals surface area contributed by atoms with Gasteiger partial charge in [0.25, 0.3) is 0 Å². The zero-order valence-corrected chi connectivity index (χ0v) is 10.8. The van der Waals surface area contributed by atoms with Crippen LogP contribution in [0.3, 0.4) is 0 Å². The number of nitrogen functional groups attached to an aromatic ring is 1. The first-order chi connectivity index (χ1) is 7.99. The number of nitriles is 1. The number of sulfone groups is 1. The molecule has 0 heterocycles. The molecule has 0 aromatic heterocycles. The van der Waals surface area contributed by atoms with Crippen LogP contribution in [0.5, 0.6) is 0 Å². The summed E-state index contributed by atoms with van der Waals surface area (Å²) in [6, 6.07) is 6.58. The third-order valence-electron chi connectivity index (χ3n) is 2.26. The number of nitrogens with two attached hydrogens (primary N) is 1. The van der Waals surface area contributed by atoms with E-state index in [9.17, 15) is 8.42 Å². The maximum Gasteiger partial charge on any atom is 0.181 e. The largest absolute Gasteiger partial charge is 0.398 e. The molecule has 6 heteroatoms. The zero-order chi connectivity index (χ0) is 12.9. The Kier molecular flexibility index (Phi) is 4.79. The minimum atomic E-state index is -3.47. The number of halogens is 1. The fraction of sp³-hybridized carbons (Fsp3) is 0.364. The first-order valence-corrected chi connectivity index (χ1v) is 7.16. The molecular weight excluding hydrogens is 260 g/mol. The molecule has 0 saturated carbocycles. The van der Waals surface area contributed by atoms with Gasteiger partial charge in [-0.15, -0.1) is 0 Å². The minimum Gasteiger partial charge on any atom is -0.398 e. The van der Waals surface area contributed by atoms with Crippen LogP contribution in [0, 0.1) is 11.3 Å². The van der Waals surface area contributed by atoms with Gasteiger partial charge in [-0.05, 0) is 25.0 Å². The van der Waals surface area contributed by atoms with E-state index in [0.717, 1.165) is 0 Å². The summed E-state index contributed by atoms with van der Waals surface area (Å²) in [6.07, 6.45) is 1.34. The van der Waals surface area contributed by atoms with Gasteiger partial charge in [-0.25, -0.2) is 8.42 Å². The van der Waals surface area contributed by atoms with E-state index < -0.39 is 9.84 Å². The van der Waals surface area contributed by atoms with Crippen molar-refractivity contribution >= 4 is 27.1 Å². The Morgan fingerprint density at radius 2 is 2.06 bits per heavy atom. The predicted octanol–water partition coefficient (Wildman–Crippen LogP) is 2.39. The maximum absolute atomic E-state index is 12.0. The van der Waals surface area contributed by atoms with Gasteiger partial charge in [0, 0.05) is 6.42 Å². The van der Waals surface area contributed by atoms with Crippen LogP contribution in [-0.2, 0) is 9.84 Å². The third kappa shape index (κ3) is 3.62. The van der Waals surface area contributed by atoms with E-state index in [0.29, 0.717) is 19.3 Å². The number of hydrogen-bond donors (Lipinski definition) is 1. The molecule has 0 unspecified atom stereocenters. The average molecular weight is 273 g/mol. The minimum absolute atomic E-state index is 0.00127. The molecule has 0 saturated heterocycles. The van der Waals surface area contributed by atoms with E-state index in [-0.39, 0.29) is 21.4 Å². The molecule has 0 amide bonds. The lowest BCUT2D eigenvalue weighted by Crippen LogP contribution is -2.10. The van der Waals surface area contributed by atoms with Crippen LogP contribution in [0.2, 0.25) is 5.02 Å². The SMILES string of the molecule is N#CCCCCS(=O)(=O)c1c(N)cccc1Cl. The lowest BCUT2D eigenvalue weighted by Gasteiger charge is -2.08. The Balaban J connectivity index is 2.87. The van der Waals surface area contributed by atoms with Crippen LogP contribution in [-0.4, -0.2) is 14.2 Å². The summed E-state index contributed by atoms with van der Waals surface area (Å²) in [5, 5.41) is 8.50. The lowest BCUT2D eigenvalue weighted by molar-refractivity contribution is 0.592. The number of rotatable bonds is 5. The molecule has 0 atom stereocenters. The fourth-order valence-corrected chi connectivity index (χ4v) is 3.57. The van der Waals surface area contributed by atoms with E-state index in [1.54, 1.807) is 6.07 Å². The summed E-state index contributed by atoms with van der Waals surface area (Å²) in [6.45, 7) is 0. The van der Waals surface area contributed by atoms with Gasteiger partial charge >= 0.3 is 0 Å². The molecule has 4 nitrogen and oxygen atoms in total. The fourth-order valence-electron chi connectivity index (χ4n) is 1.45. The van der Waals surface area contributed by atoms with Crippen molar-refractivity contribution in [2.24, 2.45) is 0 Å². The van der Waals surface area contributed by atoms with Crippen molar-refractivity contribution in [1.29, 1.82) is 5.26 Å². The second-order valence-electron chi connectivity index (χ2n) is 3.59. The first-order valence-electron chi connectivity index (χ1n) is 5.12. The van der Waals surface area contributed by atoms with Crippen LogP contribution in [0.1, 0.15) is 19.3 Å². The highest BCUT2D eigenvalue weighted by Crippen LogP contribution is 2.28. The molecule has 0 aliphatic heterocycles. The smallest absolute Gasteiger partial charge is 0.181 e. The Hall–Kier alpha value is -1.25. The van der Waals surface area contributed by atoms with Gasteiger partial charge in [0.1, 0.15) is 4.90 Å². The summed E-state index contributed by atoms with van der Waals surface area (Å²) in [4.78, 5) is -0.00127. The summed E-state index contributed by atoms with van der Waals surface area (Å²) in [5.74, 6) is -0.0391.